The zero-order chi connectivity index (χ0) is 22.4. The Morgan fingerprint density at radius 2 is 1.72 bits per heavy atom. The van der Waals surface area contributed by atoms with Gasteiger partial charge in [-0.2, -0.15) is 0 Å². The number of esters is 1. The molecule has 0 bridgehead atoms. The largest absolute Gasteiger partial charge is 0.469 e. The lowest BCUT2D eigenvalue weighted by Gasteiger charge is -2.30. The molecule has 8 heteroatoms. The van der Waals surface area contributed by atoms with E-state index in [2.05, 4.69) is 35.1 Å². The van der Waals surface area contributed by atoms with Gasteiger partial charge in [0.15, 0.2) is 0 Å². The topological polar surface area (TPSA) is 96.3 Å². The van der Waals surface area contributed by atoms with Gasteiger partial charge in [0.25, 0.3) is 0 Å². The second kappa shape index (κ2) is 13.8. The Morgan fingerprint density at radius 3 is 2.17 bits per heavy atom. The number of carbonyl (C=O) groups excluding carboxylic acids is 2. The zero-order valence-electron chi connectivity index (χ0n) is 18.3. The molecule has 2 rings (SSSR count). The number of methoxy groups -OCH3 is 1. The van der Waals surface area contributed by atoms with Gasteiger partial charge in [-0.1, -0.05) is 36.5 Å². The number of amides is 1. The highest BCUT2D eigenvalue weighted by Crippen LogP contribution is 2.24. The van der Waals surface area contributed by atoms with Crippen LogP contribution in [0.5, 0.6) is 0 Å². The molecular formula is C21H34BNO6. The SMILES string of the molecule is CB(O)O.CC(C)(C)OC(=O)N1CC=C(C2=CC=CC=CC2)CC1.COC(C)=O. The van der Waals surface area contributed by atoms with E-state index in [9.17, 15) is 9.59 Å². The number of carbonyl (C=O) groups is 2. The van der Waals surface area contributed by atoms with Crippen molar-refractivity contribution in [2.24, 2.45) is 0 Å². The molecule has 162 valence electrons. The maximum atomic E-state index is 12.0. The van der Waals surface area contributed by atoms with Crippen molar-refractivity contribution in [2.75, 3.05) is 20.2 Å². The van der Waals surface area contributed by atoms with Gasteiger partial charge in [0.05, 0.1) is 7.11 Å². The fourth-order valence-electron chi connectivity index (χ4n) is 2.27. The molecule has 7 nitrogen and oxygen atoms in total. The summed E-state index contributed by atoms with van der Waals surface area (Å²) in [6, 6.07) is 0. The predicted octanol–water partition coefficient (Wildman–Crippen LogP) is 3.26. The van der Waals surface area contributed by atoms with Crippen LogP contribution in [0, 0.1) is 0 Å². The lowest BCUT2D eigenvalue weighted by atomic mass is 9.97. The van der Waals surface area contributed by atoms with Crippen molar-refractivity contribution in [3.05, 3.63) is 47.6 Å². The van der Waals surface area contributed by atoms with Gasteiger partial charge < -0.3 is 24.4 Å². The minimum Gasteiger partial charge on any atom is -0.469 e. The van der Waals surface area contributed by atoms with Gasteiger partial charge in [0, 0.05) is 20.0 Å². The quantitative estimate of drug-likeness (QED) is 0.512. The van der Waals surface area contributed by atoms with Gasteiger partial charge in [0.2, 0.25) is 0 Å². The lowest BCUT2D eigenvalue weighted by molar-refractivity contribution is -0.137. The molecule has 1 aliphatic carbocycles. The number of hydrogen-bond donors (Lipinski definition) is 2. The fourth-order valence-corrected chi connectivity index (χ4v) is 2.27. The van der Waals surface area contributed by atoms with E-state index in [1.807, 2.05) is 26.8 Å². The van der Waals surface area contributed by atoms with Crippen LogP contribution in [0.25, 0.3) is 0 Å². The highest BCUT2D eigenvalue weighted by Gasteiger charge is 2.24. The average Bonchev–Trinajstić information content (AvgIpc) is 2.90. The van der Waals surface area contributed by atoms with Crippen molar-refractivity contribution in [2.45, 2.75) is 53.0 Å². The third-order valence-corrected chi connectivity index (χ3v) is 3.55. The van der Waals surface area contributed by atoms with Crippen LogP contribution in [0.4, 0.5) is 4.79 Å². The van der Waals surface area contributed by atoms with Gasteiger partial charge in [0.1, 0.15) is 5.60 Å². The van der Waals surface area contributed by atoms with Crippen LogP contribution in [0.1, 0.15) is 40.5 Å². The van der Waals surface area contributed by atoms with Gasteiger partial charge in [-0.05, 0) is 51.6 Å². The van der Waals surface area contributed by atoms with Crippen molar-refractivity contribution in [1.29, 1.82) is 0 Å². The second-order valence-electron chi connectivity index (χ2n) is 7.44. The summed E-state index contributed by atoms with van der Waals surface area (Å²) in [4.78, 5) is 23.3. The Morgan fingerprint density at radius 1 is 1.14 bits per heavy atom. The van der Waals surface area contributed by atoms with E-state index in [0.29, 0.717) is 6.54 Å². The highest BCUT2D eigenvalue weighted by atomic mass is 16.6. The maximum Gasteiger partial charge on any atom is 0.448 e. The molecule has 0 unspecified atom stereocenters. The normalized spacial score (nSPS) is 15.4. The standard InChI is InChI=1S/C17H23NO2.C3H6O2.CH5BO2/c1-17(2,3)20-16(19)18-12-10-15(11-13-18)14-8-6-4-5-7-9-14;1-3(4)5-2;1-2(3)4/h4-8,10H,9,11-13H2,1-3H3;1-2H3;3-4H,1H3. The molecule has 0 aromatic rings. The van der Waals surface area contributed by atoms with E-state index in [1.54, 1.807) is 4.90 Å². The first kappa shape index (κ1) is 26.7. The van der Waals surface area contributed by atoms with Crippen molar-refractivity contribution in [1.82, 2.24) is 4.90 Å². The molecule has 1 aliphatic heterocycles. The summed E-state index contributed by atoms with van der Waals surface area (Å²) in [5.41, 5.74) is 2.26. The molecular weight excluding hydrogens is 373 g/mol. The van der Waals surface area contributed by atoms with E-state index in [0.717, 1.165) is 19.4 Å². The van der Waals surface area contributed by atoms with Crippen LogP contribution in [0.2, 0.25) is 6.82 Å². The monoisotopic (exact) mass is 407 g/mol. The number of rotatable bonds is 1. The maximum absolute atomic E-state index is 12.0. The van der Waals surface area contributed by atoms with E-state index in [-0.39, 0.29) is 12.1 Å². The first-order chi connectivity index (χ1) is 13.5. The molecule has 29 heavy (non-hydrogen) atoms. The van der Waals surface area contributed by atoms with Crippen molar-refractivity contribution in [3.63, 3.8) is 0 Å². The van der Waals surface area contributed by atoms with E-state index < -0.39 is 12.7 Å². The van der Waals surface area contributed by atoms with Gasteiger partial charge in [-0.3, -0.25) is 4.79 Å². The van der Waals surface area contributed by atoms with Crippen LogP contribution < -0.4 is 0 Å². The third kappa shape index (κ3) is 14.4. The summed E-state index contributed by atoms with van der Waals surface area (Å²) in [6.07, 6.45) is 14.3. The molecule has 0 aromatic heterocycles. The zero-order valence-corrected chi connectivity index (χ0v) is 18.3. The Kier molecular flexibility index (Phi) is 12.7. The van der Waals surface area contributed by atoms with E-state index >= 15 is 0 Å². The summed E-state index contributed by atoms with van der Waals surface area (Å²) in [5, 5.41) is 15.2. The third-order valence-electron chi connectivity index (χ3n) is 3.55. The molecule has 0 atom stereocenters. The molecule has 2 N–H and O–H groups in total. The van der Waals surface area contributed by atoms with Crippen molar-refractivity contribution < 1.29 is 29.1 Å². The number of ether oxygens (including phenoxy) is 2. The minimum absolute atomic E-state index is 0.220. The lowest BCUT2D eigenvalue weighted by Crippen LogP contribution is -2.39. The van der Waals surface area contributed by atoms with Crippen LogP contribution in [0.15, 0.2) is 47.6 Å². The first-order valence-electron chi connectivity index (χ1n) is 9.56. The molecule has 0 saturated heterocycles. The molecule has 1 heterocycles. The summed E-state index contributed by atoms with van der Waals surface area (Å²) >= 11 is 0. The molecule has 0 fully saturated rings. The summed E-state index contributed by atoms with van der Waals surface area (Å²) in [7, 11) is 0.183. The fraction of sp³-hybridized carbons (Fsp3) is 0.524. The second-order valence-corrected chi connectivity index (χ2v) is 7.44. The minimum atomic E-state index is -1.17. The number of hydrogen-bond acceptors (Lipinski definition) is 6. The molecule has 0 spiro atoms. The Labute approximate surface area is 174 Å². The van der Waals surface area contributed by atoms with Gasteiger partial charge in [-0.25, -0.2) is 4.79 Å². The van der Waals surface area contributed by atoms with E-state index in [4.69, 9.17) is 14.8 Å². The Bertz CT molecular complexity index is 641. The van der Waals surface area contributed by atoms with Crippen LogP contribution >= 0.6 is 0 Å². The van der Waals surface area contributed by atoms with Gasteiger partial charge >= 0.3 is 19.2 Å². The van der Waals surface area contributed by atoms with Crippen LogP contribution in [0.3, 0.4) is 0 Å². The smallest absolute Gasteiger partial charge is 0.448 e. The van der Waals surface area contributed by atoms with Crippen molar-refractivity contribution >= 4 is 19.2 Å². The molecule has 1 amide bonds. The van der Waals surface area contributed by atoms with Crippen LogP contribution in [-0.2, 0) is 14.3 Å². The summed E-state index contributed by atoms with van der Waals surface area (Å²) in [6.45, 7) is 9.68. The Hall–Kier alpha value is -2.32. The molecule has 0 saturated carbocycles. The Balaban J connectivity index is 0.000000734. The van der Waals surface area contributed by atoms with Crippen molar-refractivity contribution in [3.8, 4) is 0 Å². The molecule has 0 radical (unpaired) electrons. The first-order valence-corrected chi connectivity index (χ1v) is 9.56. The highest BCUT2D eigenvalue weighted by molar-refractivity contribution is 6.38. The average molecular weight is 407 g/mol. The van der Waals surface area contributed by atoms with Crippen LogP contribution in [-0.4, -0.2) is 59.9 Å². The van der Waals surface area contributed by atoms with E-state index in [1.165, 1.54) is 32.0 Å². The number of nitrogens with zero attached hydrogens (tertiary/aromatic N) is 1. The molecule has 0 aromatic carbocycles. The number of allylic oxidation sites excluding steroid dienone is 6. The predicted molar refractivity (Wildman–Crippen MR) is 115 cm³/mol. The van der Waals surface area contributed by atoms with Gasteiger partial charge in [-0.15, -0.1) is 0 Å². The summed E-state index contributed by atoms with van der Waals surface area (Å²) < 4.78 is 9.51. The summed E-state index contributed by atoms with van der Waals surface area (Å²) in [5.74, 6) is -0.245. The molecule has 2 aliphatic rings.